The minimum atomic E-state index is -5.03. The lowest BCUT2D eigenvalue weighted by molar-refractivity contribution is -0.253. The normalized spacial score (nSPS) is 24.1. The highest BCUT2D eigenvalue weighted by molar-refractivity contribution is 6.07. The topological polar surface area (TPSA) is 40.5 Å². The number of alkyl halides is 3. The molecule has 1 aliphatic heterocycles. The monoisotopic (exact) mass is 245 g/mol. The molecule has 1 unspecified atom stereocenters. The van der Waals surface area contributed by atoms with E-state index in [9.17, 15) is 23.1 Å². The number of likely N-dealkylation sites (N-methyl/N-ethyl adjacent to an activating group) is 1. The van der Waals surface area contributed by atoms with E-state index in [1.807, 2.05) is 0 Å². The van der Waals surface area contributed by atoms with E-state index in [2.05, 4.69) is 0 Å². The van der Waals surface area contributed by atoms with E-state index in [-0.39, 0.29) is 5.69 Å². The second-order valence-corrected chi connectivity index (χ2v) is 4.09. The lowest BCUT2D eigenvalue weighted by Gasteiger charge is -2.24. The maximum atomic E-state index is 12.9. The van der Waals surface area contributed by atoms with Crippen molar-refractivity contribution in [1.29, 1.82) is 0 Å². The third kappa shape index (κ3) is 1.37. The van der Waals surface area contributed by atoms with E-state index >= 15 is 0 Å². The van der Waals surface area contributed by atoms with Crippen molar-refractivity contribution in [2.45, 2.75) is 18.7 Å². The number of halogens is 3. The van der Waals surface area contributed by atoms with Gasteiger partial charge in [-0.2, -0.15) is 13.2 Å². The molecule has 2 rings (SSSR count). The molecule has 3 nitrogen and oxygen atoms in total. The van der Waals surface area contributed by atoms with Gasteiger partial charge < -0.3 is 10.0 Å². The Morgan fingerprint density at radius 3 is 2.47 bits per heavy atom. The van der Waals surface area contributed by atoms with Crippen LogP contribution in [0.2, 0.25) is 0 Å². The second kappa shape index (κ2) is 3.22. The number of rotatable bonds is 0. The molecule has 0 fully saturated rings. The molecule has 1 aliphatic rings. The first-order chi connectivity index (χ1) is 7.69. The maximum Gasteiger partial charge on any atom is 0.430 e. The summed E-state index contributed by atoms with van der Waals surface area (Å²) in [5, 5.41) is 9.73. The summed E-state index contributed by atoms with van der Waals surface area (Å²) >= 11 is 0. The van der Waals surface area contributed by atoms with Crippen molar-refractivity contribution in [1.82, 2.24) is 0 Å². The molecule has 0 spiro atoms. The predicted octanol–water partition coefficient (Wildman–Crippen LogP) is 1.72. The van der Waals surface area contributed by atoms with Crippen molar-refractivity contribution in [2.24, 2.45) is 0 Å². The Morgan fingerprint density at radius 1 is 1.35 bits per heavy atom. The summed E-state index contributed by atoms with van der Waals surface area (Å²) in [6.45, 7) is 1.60. The molecule has 1 amide bonds. The van der Waals surface area contributed by atoms with Crippen molar-refractivity contribution in [2.75, 3.05) is 11.9 Å². The Hall–Kier alpha value is -1.56. The number of fused-ring (bicyclic) bond motifs is 1. The van der Waals surface area contributed by atoms with Crippen LogP contribution in [0.15, 0.2) is 18.2 Å². The maximum absolute atomic E-state index is 12.9. The molecule has 0 aromatic heterocycles. The van der Waals surface area contributed by atoms with E-state index in [0.29, 0.717) is 5.56 Å². The molecule has 1 aromatic carbocycles. The zero-order chi connectivity index (χ0) is 13.0. The number of benzene rings is 1. The number of carbonyl (C=O) groups excluding carboxylic acids is 1. The molecule has 0 bridgehead atoms. The fourth-order valence-electron chi connectivity index (χ4n) is 1.97. The second-order valence-electron chi connectivity index (χ2n) is 4.09. The van der Waals surface area contributed by atoms with Crippen molar-refractivity contribution >= 4 is 11.6 Å². The number of aliphatic hydroxyl groups is 1. The molecular weight excluding hydrogens is 235 g/mol. The number of hydrogen-bond donors (Lipinski definition) is 1. The van der Waals surface area contributed by atoms with Crippen LogP contribution in [-0.4, -0.2) is 24.2 Å². The van der Waals surface area contributed by atoms with Gasteiger partial charge in [0.05, 0.1) is 5.69 Å². The van der Waals surface area contributed by atoms with Crippen LogP contribution in [0, 0.1) is 6.92 Å². The summed E-state index contributed by atoms with van der Waals surface area (Å²) in [6.07, 6.45) is -5.03. The van der Waals surface area contributed by atoms with E-state index in [1.165, 1.54) is 19.2 Å². The van der Waals surface area contributed by atoms with Gasteiger partial charge in [0.25, 0.3) is 11.5 Å². The van der Waals surface area contributed by atoms with Gasteiger partial charge in [-0.15, -0.1) is 0 Å². The first-order valence-electron chi connectivity index (χ1n) is 4.88. The third-order valence-electron chi connectivity index (χ3n) is 2.93. The van der Waals surface area contributed by atoms with Gasteiger partial charge in [0.2, 0.25) is 0 Å². The van der Waals surface area contributed by atoms with Crippen molar-refractivity contribution in [3.8, 4) is 0 Å². The number of hydrogen-bond acceptors (Lipinski definition) is 2. The third-order valence-corrected chi connectivity index (χ3v) is 2.93. The minimum Gasteiger partial charge on any atom is -0.368 e. The van der Waals surface area contributed by atoms with E-state index < -0.39 is 23.2 Å². The zero-order valence-electron chi connectivity index (χ0n) is 9.17. The van der Waals surface area contributed by atoms with Crippen LogP contribution in [0.1, 0.15) is 11.1 Å². The van der Waals surface area contributed by atoms with Crippen LogP contribution in [0.25, 0.3) is 0 Å². The number of anilines is 1. The summed E-state index contributed by atoms with van der Waals surface area (Å²) in [5.74, 6) is -1.37. The van der Waals surface area contributed by atoms with Gasteiger partial charge in [-0.1, -0.05) is 17.7 Å². The quantitative estimate of drug-likeness (QED) is 0.756. The fourth-order valence-corrected chi connectivity index (χ4v) is 1.97. The molecule has 1 heterocycles. The summed E-state index contributed by atoms with van der Waals surface area (Å²) in [4.78, 5) is 12.4. The Balaban J connectivity index is 2.74. The van der Waals surface area contributed by atoms with Crippen molar-refractivity contribution in [3.63, 3.8) is 0 Å². The highest BCUT2D eigenvalue weighted by Gasteiger charge is 2.66. The van der Waals surface area contributed by atoms with Crippen LogP contribution in [0.4, 0.5) is 18.9 Å². The molecule has 17 heavy (non-hydrogen) atoms. The number of aryl methyl sites for hydroxylation is 1. The van der Waals surface area contributed by atoms with Crippen LogP contribution >= 0.6 is 0 Å². The Morgan fingerprint density at radius 2 is 1.94 bits per heavy atom. The van der Waals surface area contributed by atoms with Gasteiger partial charge in [-0.25, -0.2) is 0 Å². The highest BCUT2D eigenvalue weighted by atomic mass is 19.4. The largest absolute Gasteiger partial charge is 0.430 e. The molecule has 1 aromatic rings. The van der Waals surface area contributed by atoms with Gasteiger partial charge in [0.15, 0.2) is 0 Å². The van der Waals surface area contributed by atoms with Gasteiger partial charge >= 0.3 is 6.18 Å². The Labute approximate surface area is 95.5 Å². The number of amides is 1. The summed E-state index contributed by atoms with van der Waals surface area (Å²) < 4.78 is 38.6. The first-order valence-corrected chi connectivity index (χ1v) is 4.88. The summed E-state index contributed by atoms with van der Waals surface area (Å²) in [6, 6.07) is 4.17. The molecule has 1 N–H and O–H groups in total. The standard InChI is InChI=1S/C11H10F3NO2/c1-6-3-4-8-7(5-6)10(17,11(12,13)14)9(16)15(8)2/h3-5,17H,1-2H3. The van der Waals surface area contributed by atoms with Crippen molar-refractivity contribution in [3.05, 3.63) is 29.3 Å². The minimum absolute atomic E-state index is 0.0837. The lowest BCUT2D eigenvalue weighted by atomic mass is 9.93. The van der Waals surface area contributed by atoms with Gasteiger partial charge in [0.1, 0.15) is 0 Å². The van der Waals surface area contributed by atoms with Crippen molar-refractivity contribution < 1.29 is 23.1 Å². The molecule has 0 saturated carbocycles. The fraction of sp³-hybridized carbons (Fsp3) is 0.364. The average molecular weight is 245 g/mol. The predicted molar refractivity (Wildman–Crippen MR) is 54.5 cm³/mol. The van der Waals surface area contributed by atoms with Crippen LogP contribution in [0.5, 0.6) is 0 Å². The van der Waals surface area contributed by atoms with E-state index in [0.717, 1.165) is 4.90 Å². The smallest absolute Gasteiger partial charge is 0.368 e. The Bertz CT molecular complexity index is 498. The highest BCUT2D eigenvalue weighted by Crippen LogP contribution is 2.48. The number of carbonyl (C=O) groups is 1. The molecule has 0 radical (unpaired) electrons. The molecule has 0 saturated heterocycles. The van der Waals surface area contributed by atoms with E-state index in [1.54, 1.807) is 13.0 Å². The summed E-state index contributed by atoms with van der Waals surface area (Å²) in [7, 11) is 1.21. The molecule has 92 valence electrons. The van der Waals surface area contributed by atoms with Gasteiger partial charge in [-0.05, 0) is 13.0 Å². The van der Waals surface area contributed by atoms with Crippen LogP contribution in [0.3, 0.4) is 0 Å². The van der Waals surface area contributed by atoms with E-state index in [4.69, 9.17) is 0 Å². The van der Waals surface area contributed by atoms with Crippen LogP contribution in [-0.2, 0) is 10.4 Å². The zero-order valence-corrected chi connectivity index (χ0v) is 9.17. The molecule has 1 atom stereocenters. The van der Waals surface area contributed by atoms with Crippen LogP contribution < -0.4 is 4.90 Å². The average Bonchev–Trinajstić information content (AvgIpc) is 2.41. The Kier molecular flexibility index (Phi) is 2.26. The first kappa shape index (κ1) is 11.9. The molecular formula is C11H10F3NO2. The number of nitrogens with zero attached hydrogens (tertiary/aromatic N) is 1. The van der Waals surface area contributed by atoms with Gasteiger partial charge in [-0.3, -0.25) is 4.79 Å². The molecule has 0 aliphatic carbocycles. The summed E-state index contributed by atoms with van der Waals surface area (Å²) in [5.41, 5.74) is -3.20. The SMILES string of the molecule is Cc1ccc2c(c1)C(O)(C(F)(F)F)C(=O)N2C. The molecule has 6 heteroatoms. The lowest BCUT2D eigenvalue weighted by Crippen LogP contribution is -2.49. The van der Waals surface area contributed by atoms with Gasteiger partial charge in [0, 0.05) is 12.6 Å².